The van der Waals surface area contributed by atoms with E-state index in [-0.39, 0.29) is 0 Å². The van der Waals surface area contributed by atoms with Crippen molar-refractivity contribution in [3.63, 3.8) is 0 Å². The summed E-state index contributed by atoms with van der Waals surface area (Å²) in [4.78, 5) is 6.45. The zero-order valence-corrected chi connectivity index (χ0v) is 13.9. The average molecular weight is 322 g/mol. The number of rotatable bonds is 5. The van der Waals surface area contributed by atoms with Crippen molar-refractivity contribution < 1.29 is 0 Å². The van der Waals surface area contributed by atoms with E-state index in [1.807, 2.05) is 42.6 Å². The van der Waals surface area contributed by atoms with Gasteiger partial charge in [0.1, 0.15) is 0 Å². The van der Waals surface area contributed by atoms with Crippen molar-refractivity contribution in [2.24, 2.45) is 5.10 Å². The van der Waals surface area contributed by atoms with Gasteiger partial charge >= 0.3 is 0 Å². The van der Waals surface area contributed by atoms with E-state index in [2.05, 4.69) is 51.7 Å². The lowest BCUT2D eigenvalue weighted by Crippen LogP contribution is -2.08. The Morgan fingerprint density at radius 2 is 1.74 bits per heavy atom. The molecule has 5 heteroatoms. The number of benzene rings is 2. The largest absolute Gasteiger partial charge is 0.345 e. The maximum atomic E-state index is 4.30. The van der Waals surface area contributed by atoms with Crippen LogP contribution in [0.1, 0.15) is 11.3 Å². The van der Waals surface area contributed by atoms with Crippen molar-refractivity contribution in [2.45, 2.75) is 6.92 Å². The van der Waals surface area contributed by atoms with Gasteiger partial charge in [0.05, 0.1) is 11.9 Å². The van der Waals surface area contributed by atoms with Crippen molar-refractivity contribution in [3.05, 3.63) is 71.2 Å². The van der Waals surface area contributed by atoms with Gasteiger partial charge in [0.2, 0.25) is 5.13 Å². The van der Waals surface area contributed by atoms with Gasteiger partial charge < -0.3 is 4.90 Å². The number of nitrogens with one attached hydrogen (secondary N) is 1. The molecule has 0 aliphatic heterocycles. The second-order valence-electron chi connectivity index (χ2n) is 5.15. The number of para-hydroxylation sites is 1. The van der Waals surface area contributed by atoms with Crippen LogP contribution in [0.15, 0.2) is 65.1 Å². The summed E-state index contributed by atoms with van der Waals surface area (Å²) < 4.78 is 0. The molecule has 4 nitrogen and oxygen atoms in total. The Morgan fingerprint density at radius 1 is 1.04 bits per heavy atom. The molecule has 0 radical (unpaired) electrons. The second kappa shape index (κ2) is 7.07. The molecule has 1 heterocycles. The molecule has 0 unspecified atom stereocenters. The van der Waals surface area contributed by atoms with Crippen LogP contribution in [0, 0.1) is 6.92 Å². The fourth-order valence-corrected chi connectivity index (χ4v) is 2.79. The number of anilines is 3. The summed E-state index contributed by atoms with van der Waals surface area (Å²) >= 11 is 1.55. The van der Waals surface area contributed by atoms with Crippen LogP contribution in [0.5, 0.6) is 0 Å². The summed E-state index contributed by atoms with van der Waals surface area (Å²) in [5.74, 6) is 0. The fraction of sp³-hybridized carbons (Fsp3) is 0.111. The van der Waals surface area contributed by atoms with E-state index in [1.165, 1.54) is 0 Å². The molecule has 0 spiro atoms. The van der Waals surface area contributed by atoms with Gasteiger partial charge in [-0.15, -0.1) is 11.3 Å². The van der Waals surface area contributed by atoms with E-state index in [0.29, 0.717) is 0 Å². The van der Waals surface area contributed by atoms with Gasteiger partial charge in [0, 0.05) is 23.8 Å². The monoisotopic (exact) mass is 322 g/mol. The van der Waals surface area contributed by atoms with Crippen LogP contribution in [0.25, 0.3) is 0 Å². The molecule has 116 valence electrons. The quantitative estimate of drug-likeness (QED) is 0.548. The van der Waals surface area contributed by atoms with E-state index in [0.717, 1.165) is 27.8 Å². The number of hydrazone groups is 1. The minimum absolute atomic E-state index is 0.805. The highest BCUT2D eigenvalue weighted by Gasteiger charge is 2.02. The number of thiazole rings is 1. The van der Waals surface area contributed by atoms with Gasteiger partial charge in [-0.05, 0) is 36.8 Å². The summed E-state index contributed by atoms with van der Waals surface area (Å²) in [6.07, 6.45) is 1.79. The third kappa shape index (κ3) is 3.96. The highest BCUT2D eigenvalue weighted by atomic mass is 32.1. The summed E-state index contributed by atoms with van der Waals surface area (Å²) in [5.41, 5.74) is 7.28. The smallest absolute Gasteiger partial charge is 0.203 e. The third-order valence-corrected chi connectivity index (χ3v) is 4.28. The lowest BCUT2D eigenvalue weighted by molar-refractivity contribution is 1.21. The van der Waals surface area contributed by atoms with Crippen LogP contribution in [0.3, 0.4) is 0 Å². The van der Waals surface area contributed by atoms with E-state index in [4.69, 9.17) is 0 Å². The SMILES string of the molecule is Cc1csc(NN=Cc2ccc(N(C)c3ccccc3)cc2)n1. The molecular formula is C18H18N4S. The molecule has 0 aliphatic rings. The molecule has 3 rings (SSSR count). The molecule has 3 aromatic rings. The highest BCUT2D eigenvalue weighted by Crippen LogP contribution is 2.23. The Balaban J connectivity index is 1.65. The Morgan fingerprint density at radius 3 is 2.39 bits per heavy atom. The summed E-state index contributed by atoms with van der Waals surface area (Å²) in [6, 6.07) is 18.6. The zero-order chi connectivity index (χ0) is 16.1. The van der Waals surface area contributed by atoms with Gasteiger partial charge in [-0.2, -0.15) is 5.10 Å². The average Bonchev–Trinajstić information content (AvgIpc) is 3.01. The molecule has 0 atom stereocenters. The second-order valence-corrected chi connectivity index (χ2v) is 6.01. The fourth-order valence-electron chi connectivity index (χ4n) is 2.15. The van der Waals surface area contributed by atoms with Gasteiger partial charge in [-0.3, -0.25) is 5.43 Å². The van der Waals surface area contributed by atoms with Crippen LogP contribution in [0.2, 0.25) is 0 Å². The van der Waals surface area contributed by atoms with Crippen molar-refractivity contribution >= 4 is 34.1 Å². The van der Waals surface area contributed by atoms with E-state index < -0.39 is 0 Å². The molecule has 0 saturated heterocycles. The van der Waals surface area contributed by atoms with Gasteiger partial charge in [0.15, 0.2) is 0 Å². The van der Waals surface area contributed by atoms with Crippen LogP contribution in [-0.2, 0) is 0 Å². The molecule has 0 fully saturated rings. The van der Waals surface area contributed by atoms with Crippen molar-refractivity contribution in [1.29, 1.82) is 0 Å². The van der Waals surface area contributed by atoms with Crippen molar-refractivity contribution in [2.75, 3.05) is 17.4 Å². The van der Waals surface area contributed by atoms with Crippen molar-refractivity contribution in [1.82, 2.24) is 4.98 Å². The van der Waals surface area contributed by atoms with Gasteiger partial charge in [-0.25, -0.2) is 4.98 Å². The summed E-state index contributed by atoms with van der Waals surface area (Å²) in [5, 5.41) is 7.01. The van der Waals surface area contributed by atoms with Gasteiger partial charge in [0.25, 0.3) is 0 Å². The Hall–Kier alpha value is -2.66. The molecule has 0 bridgehead atoms. The lowest BCUT2D eigenvalue weighted by atomic mass is 10.2. The maximum Gasteiger partial charge on any atom is 0.203 e. The standard InChI is InChI=1S/C18H18N4S/c1-14-13-23-18(20-14)21-19-12-15-8-10-17(11-9-15)22(2)16-6-4-3-5-7-16/h3-13H,1-2H3,(H,20,21). The first-order chi connectivity index (χ1) is 11.2. The molecule has 1 aromatic heterocycles. The Labute approximate surface area is 140 Å². The Bertz CT molecular complexity index is 778. The van der Waals surface area contributed by atoms with Crippen LogP contribution >= 0.6 is 11.3 Å². The molecule has 2 aromatic carbocycles. The minimum Gasteiger partial charge on any atom is -0.345 e. The number of hydrogen-bond donors (Lipinski definition) is 1. The zero-order valence-electron chi connectivity index (χ0n) is 13.1. The van der Waals surface area contributed by atoms with E-state index in [9.17, 15) is 0 Å². The highest BCUT2D eigenvalue weighted by molar-refractivity contribution is 7.13. The van der Waals surface area contributed by atoms with Gasteiger partial charge in [-0.1, -0.05) is 30.3 Å². The minimum atomic E-state index is 0.805. The first-order valence-electron chi connectivity index (χ1n) is 7.32. The third-order valence-electron chi connectivity index (χ3n) is 3.42. The van der Waals surface area contributed by atoms with E-state index >= 15 is 0 Å². The van der Waals surface area contributed by atoms with Crippen LogP contribution in [-0.4, -0.2) is 18.2 Å². The molecule has 0 aliphatic carbocycles. The molecular weight excluding hydrogens is 304 g/mol. The normalized spacial score (nSPS) is 10.9. The first kappa shape index (κ1) is 15.2. The lowest BCUT2D eigenvalue weighted by Gasteiger charge is -2.19. The van der Waals surface area contributed by atoms with Crippen LogP contribution < -0.4 is 10.3 Å². The summed E-state index contributed by atoms with van der Waals surface area (Å²) in [6.45, 7) is 1.97. The Kier molecular flexibility index (Phi) is 4.68. The molecule has 0 saturated carbocycles. The number of hydrogen-bond acceptors (Lipinski definition) is 5. The topological polar surface area (TPSA) is 40.5 Å². The molecule has 0 amide bonds. The maximum absolute atomic E-state index is 4.30. The summed E-state index contributed by atoms with van der Waals surface area (Å²) in [7, 11) is 2.06. The van der Waals surface area contributed by atoms with Crippen LogP contribution in [0.4, 0.5) is 16.5 Å². The van der Waals surface area contributed by atoms with E-state index in [1.54, 1.807) is 17.6 Å². The molecule has 1 N–H and O–H groups in total. The number of nitrogens with zero attached hydrogens (tertiary/aromatic N) is 3. The number of aryl methyl sites for hydroxylation is 1. The van der Waals surface area contributed by atoms with Crippen molar-refractivity contribution in [3.8, 4) is 0 Å². The predicted octanol–water partition coefficient (Wildman–Crippen LogP) is 4.67. The first-order valence-corrected chi connectivity index (χ1v) is 8.20. The number of aromatic nitrogens is 1. The predicted molar refractivity (Wildman–Crippen MR) is 99.0 cm³/mol. The molecule has 23 heavy (non-hydrogen) atoms.